The van der Waals surface area contributed by atoms with Crippen LogP contribution < -0.4 is 10.6 Å². The Hall–Kier alpha value is -3.88. The number of hydrogen-bond donors (Lipinski definition) is 3. The lowest BCUT2D eigenvalue weighted by Gasteiger charge is -2.03. The number of carbonyl (C=O) groups is 3. The highest BCUT2D eigenvalue weighted by molar-refractivity contribution is 6.06. The van der Waals surface area contributed by atoms with Crippen molar-refractivity contribution in [2.75, 3.05) is 10.6 Å². The van der Waals surface area contributed by atoms with Gasteiger partial charge in [-0.3, -0.25) is 14.6 Å². The summed E-state index contributed by atoms with van der Waals surface area (Å²) in [6.45, 7) is 0. The first-order valence-corrected chi connectivity index (χ1v) is 7.95. The van der Waals surface area contributed by atoms with Crippen LogP contribution in [0.1, 0.15) is 31.5 Å². The maximum absolute atomic E-state index is 12.5. The van der Waals surface area contributed by atoms with Gasteiger partial charge in [-0.25, -0.2) is 4.79 Å². The topological polar surface area (TPSA) is 118 Å². The lowest BCUT2D eigenvalue weighted by molar-refractivity contribution is 0.0686. The summed E-state index contributed by atoms with van der Waals surface area (Å²) < 4.78 is 2.96. The van der Waals surface area contributed by atoms with Crippen molar-refractivity contribution in [2.24, 2.45) is 14.1 Å². The van der Waals surface area contributed by atoms with Gasteiger partial charge >= 0.3 is 5.97 Å². The van der Waals surface area contributed by atoms with Crippen LogP contribution in [0.5, 0.6) is 0 Å². The van der Waals surface area contributed by atoms with Gasteiger partial charge in [0.1, 0.15) is 17.1 Å². The minimum Gasteiger partial charge on any atom is -0.477 e. The molecule has 27 heavy (non-hydrogen) atoms. The lowest BCUT2D eigenvalue weighted by Crippen LogP contribution is -2.15. The van der Waals surface area contributed by atoms with Crippen LogP contribution in [0.3, 0.4) is 0 Å². The first-order valence-electron chi connectivity index (χ1n) is 7.95. The zero-order valence-electron chi connectivity index (χ0n) is 14.6. The summed E-state index contributed by atoms with van der Waals surface area (Å²) in [6, 6.07) is 7.89. The number of carboxylic acids is 1. The van der Waals surface area contributed by atoms with E-state index in [4.69, 9.17) is 5.11 Å². The highest BCUT2D eigenvalue weighted by Gasteiger charge is 2.17. The van der Waals surface area contributed by atoms with E-state index in [1.54, 1.807) is 43.1 Å². The molecule has 138 valence electrons. The van der Waals surface area contributed by atoms with Gasteiger partial charge in [0.2, 0.25) is 0 Å². The molecule has 9 nitrogen and oxygen atoms in total. The zero-order chi connectivity index (χ0) is 19.6. The SMILES string of the molecule is Cn1cc(NC(=O)c2cc(NC(=O)c3ccccn3)cn2C)cc1C(=O)O. The monoisotopic (exact) mass is 367 g/mol. The van der Waals surface area contributed by atoms with Gasteiger partial charge in [0.25, 0.3) is 11.8 Å². The Morgan fingerprint density at radius 1 is 0.926 bits per heavy atom. The van der Waals surface area contributed by atoms with E-state index in [-0.39, 0.29) is 17.3 Å². The Kier molecular flexibility index (Phi) is 4.75. The van der Waals surface area contributed by atoms with Gasteiger partial charge in [0.05, 0.1) is 11.4 Å². The second-order valence-corrected chi connectivity index (χ2v) is 5.88. The molecule has 0 fully saturated rings. The third-order valence-electron chi connectivity index (χ3n) is 3.87. The van der Waals surface area contributed by atoms with Gasteiger partial charge in [-0.2, -0.15) is 0 Å². The minimum absolute atomic E-state index is 0.0560. The fourth-order valence-electron chi connectivity index (χ4n) is 2.59. The molecule has 2 amide bonds. The Morgan fingerprint density at radius 3 is 2.07 bits per heavy atom. The van der Waals surface area contributed by atoms with E-state index in [2.05, 4.69) is 15.6 Å². The third-order valence-corrected chi connectivity index (χ3v) is 3.87. The molecule has 3 heterocycles. The fraction of sp³-hybridized carbons (Fsp3) is 0.111. The van der Waals surface area contributed by atoms with Crippen LogP contribution in [0.2, 0.25) is 0 Å². The first kappa shape index (κ1) is 17.9. The quantitative estimate of drug-likeness (QED) is 0.637. The summed E-state index contributed by atoms with van der Waals surface area (Å²) in [7, 11) is 3.24. The summed E-state index contributed by atoms with van der Waals surface area (Å²) in [5, 5.41) is 14.4. The van der Waals surface area contributed by atoms with Crippen LogP contribution in [-0.2, 0) is 14.1 Å². The smallest absolute Gasteiger partial charge is 0.352 e. The Balaban J connectivity index is 1.74. The van der Waals surface area contributed by atoms with Crippen LogP contribution in [0.25, 0.3) is 0 Å². The molecule has 0 aliphatic heterocycles. The molecule has 3 rings (SSSR count). The van der Waals surface area contributed by atoms with Gasteiger partial charge in [0.15, 0.2) is 0 Å². The molecular formula is C18H17N5O4. The minimum atomic E-state index is -1.09. The molecule has 0 saturated heterocycles. The molecule has 0 unspecified atom stereocenters. The summed E-state index contributed by atoms with van der Waals surface area (Å²) in [5.41, 5.74) is 1.42. The molecule has 0 aromatic carbocycles. The molecule has 3 aromatic heterocycles. The molecule has 3 aromatic rings. The van der Waals surface area contributed by atoms with E-state index in [0.717, 1.165) is 0 Å². The van der Waals surface area contributed by atoms with Crippen molar-refractivity contribution in [1.29, 1.82) is 0 Å². The van der Waals surface area contributed by atoms with Crippen molar-refractivity contribution in [1.82, 2.24) is 14.1 Å². The number of nitrogens with one attached hydrogen (secondary N) is 2. The van der Waals surface area contributed by atoms with Gasteiger partial charge < -0.3 is 24.9 Å². The number of anilines is 2. The molecule has 0 bridgehead atoms. The average molecular weight is 367 g/mol. The number of rotatable bonds is 5. The van der Waals surface area contributed by atoms with Gasteiger partial charge in [-0.05, 0) is 24.3 Å². The van der Waals surface area contributed by atoms with E-state index in [0.29, 0.717) is 17.1 Å². The summed E-state index contributed by atoms with van der Waals surface area (Å²) in [6.07, 6.45) is 4.63. The van der Waals surface area contributed by atoms with Crippen LogP contribution in [0.15, 0.2) is 48.9 Å². The van der Waals surface area contributed by atoms with Crippen LogP contribution >= 0.6 is 0 Å². The predicted octanol–water partition coefficient (Wildman–Crippen LogP) is 1.96. The number of amides is 2. The number of carboxylic acid groups (broad SMARTS) is 1. The number of nitrogens with zero attached hydrogens (tertiary/aromatic N) is 3. The van der Waals surface area contributed by atoms with Crippen molar-refractivity contribution in [3.63, 3.8) is 0 Å². The first-order chi connectivity index (χ1) is 12.8. The Labute approximate surface area is 154 Å². The Bertz CT molecular complexity index is 1020. The molecule has 0 spiro atoms. The molecule has 0 atom stereocenters. The maximum atomic E-state index is 12.5. The normalized spacial score (nSPS) is 10.4. The fourth-order valence-corrected chi connectivity index (χ4v) is 2.59. The summed E-state index contributed by atoms with van der Waals surface area (Å²) in [4.78, 5) is 39.7. The van der Waals surface area contributed by atoms with Crippen LogP contribution in [-0.4, -0.2) is 37.0 Å². The number of aryl methyl sites for hydroxylation is 2. The van der Waals surface area contributed by atoms with E-state index < -0.39 is 11.9 Å². The van der Waals surface area contributed by atoms with E-state index in [1.807, 2.05) is 0 Å². The van der Waals surface area contributed by atoms with Crippen molar-refractivity contribution < 1.29 is 19.5 Å². The average Bonchev–Trinajstić information content (AvgIpc) is 3.18. The second-order valence-electron chi connectivity index (χ2n) is 5.88. The van der Waals surface area contributed by atoms with Crippen LogP contribution in [0.4, 0.5) is 11.4 Å². The standard InChI is InChI=1S/C18H17N5O4/c1-22-9-11(20-16(24)13-5-3-4-6-19-13)7-14(22)17(25)21-12-8-15(18(26)27)23(2)10-12/h3-10H,1-2H3,(H,20,24)(H,21,25)(H,26,27). The number of carbonyl (C=O) groups excluding carboxylic acids is 2. The number of pyridine rings is 1. The third kappa shape index (κ3) is 3.87. The van der Waals surface area contributed by atoms with Crippen molar-refractivity contribution in [3.8, 4) is 0 Å². The summed E-state index contributed by atoms with van der Waals surface area (Å²) in [5.74, 6) is -1.91. The van der Waals surface area contributed by atoms with Crippen LogP contribution in [0, 0.1) is 0 Å². The maximum Gasteiger partial charge on any atom is 0.352 e. The predicted molar refractivity (Wildman–Crippen MR) is 97.9 cm³/mol. The van der Waals surface area contributed by atoms with Crippen molar-refractivity contribution >= 4 is 29.2 Å². The molecule has 0 aliphatic rings. The second kappa shape index (κ2) is 7.16. The number of aromatic carboxylic acids is 1. The van der Waals surface area contributed by atoms with Gasteiger partial charge in [-0.1, -0.05) is 6.07 Å². The molecule has 9 heteroatoms. The van der Waals surface area contributed by atoms with E-state index >= 15 is 0 Å². The van der Waals surface area contributed by atoms with Crippen molar-refractivity contribution in [2.45, 2.75) is 0 Å². The lowest BCUT2D eigenvalue weighted by atomic mass is 10.3. The Morgan fingerprint density at radius 2 is 1.52 bits per heavy atom. The molecule has 0 saturated carbocycles. The number of hydrogen-bond acceptors (Lipinski definition) is 4. The largest absolute Gasteiger partial charge is 0.477 e. The summed E-state index contributed by atoms with van der Waals surface area (Å²) >= 11 is 0. The highest BCUT2D eigenvalue weighted by Crippen LogP contribution is 2.18. The zero-order valence-corrected chi connectivity index (χ0v) is 14.6. The van der Waals surface area contributed by atoms with E-state index in [1.165, 1.54) is 29.1 Å². The van der Waals surface area contributed by atoms with E-state index in [9.17, 15) is 14.4 Å². The van der Waals surface area contributed by atoms with Crippen molar-refractivity contribution in [3.05, 3.63) is 66.0 Å². The molecule has 3 N–H and O–H groups in total. The number of aromatic nitrogens is 3. The molecular weight excluding hydrogens is 350 g/mol. The highest BCUT2D eigenvalue weighted by atomic mass is 16.4. The molecule has 0 aliphatic carbocycles. The molecule has 0 radical (unpaired) electrons. The van der Waals surface area contributed by atoms with Gasteiger partial charge in [0, 0.05) is 32.7 Å². The van der Waals surface area contributed by atoms with Gasteiger partial charge in [-0.15, -0.1) is 0 Å².